The fraction of sp³-hybridized carbons (Fsp3) is 0.231. The maximum Gasteiger partial charge on any atom is 0.416 e. The first-order valence-electron chi connectivity index (χ1n) is 11.2. The van der Waals surface area contributed by atoms with Gasteiger partial charge in [0, 0.05) is 11.5 Å². The number of nitrogen functional groups attached to an aromatic ring is 1. The van der Waals surface area contributed by atoms with Crippen molar-refractivity contribution in [2.24, 2.45) is 5.84 Å². The van der Waals surface area contributed by atoms with Gasteiger partial charge in [-0.05, 0) is 42.7 Å². The number of hydrogen-bond acceptors (Lipinski definition) is 7. The summed E-state index contributed by atoms with van der Waals surface area (Å²) in [4.78, 5) is 8.82. The zero-order valence-electron chi connectivity index (χ0n) is 20.0. The number of nitrogens with zero attached hydrogens (tertiary/aromatic N) is 2. The molecule has 1 heterocycles. The summed E-state index contributed by atoms with van der Waals surface area (Å²) in [5.74, 6) is 7.02. The van der Waals surface area contributed by atoms with E-state index < -0.39 is 17.8 Å². The van der Waals surface area contributed by atoms with Gasteiger partial charge in [0.2, 0.25) is 5.95 Å². The first-order chi connectivity index (χ1) is 17.2. The number of hydrogen-bond donors (Lipinski definition) is 3. The van der Waals surface area contributed by atoms with Crippen LogP contribution < -0.4 is 26.1 Å². The van der Waals surface area contributed by atoms with Crippen LogP contribution in [-0.4, -0.2) is 17.1 Å². The Hall–Kier alpha value is -4.05. The van der Waals surface area contributed by atoms with Crippen LogP contribution in [0, 0.1) is 6.92 Å². The van der Waals surface area contributed by atoms with Gasteiger partial charge in [-0.25, -0.2) is 10.8 Å². The molecular formula is C26H26F3N5O2. The van der Waals surface area contributed by atoms with Crippen molar-refractivity contribution in [3.8, 4) is 11.5 Å². The molecule has 0 bridgehead atoms. The van der Waals surface area contributed by atoms with E-state index in [0.29, 0.717) is 40.4 Å². The molecule has 0 saturated carbocycles. The van der Waals surface area contributed by atoms with E-state index in [1.54, 1.807) is 25.1 Å². The van der Waals surface area contributed by atoms with Crippen molar-refractivity contribution < 1.29 is 22.6 Å². The molecule has 188 valence electrons. The summed E-state index contributed by atoms with van der Waals surface area (Å²) in [6.07, 6.45) is -4.44. The van der Waals surface area contributed by atoms with Gasteiger partial charge in [-0.1, -0.05) is 42.5 Å². The monoisotopic (exact) mass is 497 g/mol. The average Bonchev–Trinajstić information content (AvgIpc) is 2.86. The van der Waals surface area contributed by atoms with Gasteiger partial charge in [0.1, 0.15) is 12.4 Å². The second kappa shape index (κ2) is 10.3. The summed E-state index contributed by atoms with van der Waals surface area (Å²) >= 11 is 0. The molecule has 4 aromatic rings. The number of halogens is 3. The molecule has 0 fully saturated rings. The van der Waals surface area contributed by atoms with E-state index in [0.717, 1.165) is 11.6 Å². The molecule has 0 aliphatic carbocycles. The number of hydrazine groups is 1. The number of fused-ring (bicyclic) bond motifs is 1. The number of aromatic nitrogens is 2. The van der Waals surface area contributed by atoms with Crippen LogP contribution >= 0.6 is 0 Å². The lowest BCUT2D eigenvalue weighted by atomic mass is 9.97. The fourth-order valence-corrected chi connectivity index (χ4v) is 4.03. The van der Waals surface area contributed by atoms with Gasteiger partial charge >= 0.3 is 6.18 Å². The molecule has 10 heteroatoms. The van der Waals surface area contributed by atoms with E-state index in [-0.39, 0.29) is 11.5 Å². The Labute approximate surface area is 206 Å². The Morgan fingerprint density at radius 3 is 2.42 bits per heavy atom. The number of nitrogens with two attached hydrogens (primary N) is 1. The van der Waals surface area contributed by atoms with Crippen molar-refractivity contribution in [2.75, 3.05) is 17.9 Å². The number of nitrogens with one attached hydrogen (secondary N) is 2. The maximum atomic E-state index is 13.4. The summed E-state index contributed by atoms with van der Waals surface area (Å²) in [5.41, 5.74) is 3.88. The van der Waals surface area contributed by atoms with Gasteiger partial charge in [-0.15, -0.1) is 0 Å². The predicted octanol–water partition coefficient (Wildman–Crippen LogP) is 6.00. The molecule has 0 radical (unpaired) electrons. The third kappa shape index (κ3) is 5.28. The average molecular weight is 498 g/mol. The van der Waals surface area contributed by atoms with E-state index in [9.17, 15) is 13.2 Å². The molecule has 36 heavy (non-hydrogen) atoms. The predicted molar refractivity (Wildman–Crippen MR) is 133 cm³/mol. The molecule has 0 aliphatic heterocycles. The fourth-order valence-electron chi connectivity index (χ4n) is 4.03. The SMILES string of the molecule is COc1cc2nc(NN)nc(NC(C)c3cccc(C(F)(F)F)c3C)c2cc1OCc1ccccc1. The molecule has 1 aromatic heterocycles. The highest BCUT2D eigenvalue weighted by Gasteiger charge is 2.33. The highest BCUT2D eigenvalue weighted by atomic mass is 19.4. The van der Waals surface area contributed by atoms with Gasteiger partial charge in [0.15, 0.2) is 11.5 Å². The smallest absolute Gasteiger partial charge is 0.416 e. The van der Waals surface area contributed by atoms with Crippen LogP contribution in [0.4, 0.5) is 24.9 Å². The van der Waals surface area contributed by atoms with Crippen molar-refractivity contribution in [1.29, 1.82) is 0 Å². The zero-order valence-corrected chi connectivity index (χ0v) is 20.0. The number of benzene rings is 3. The molecule has 0 aliphatic rings. The second-order valence-corrected chi connectivity index (χ2v) is 8.22. The lowest BCUT2D eigenvalue weighted by Gasteiger charge is -2.21. The van der Waals surface area contributed by atoms with Crippen LogP contribution in [0.3, 0.4) is 0 Å². The van der Waals surface area contributed by atoms with Gasteiger partial charge in [0.25, 0.3) is 0 Å². The highest BCUT2D eigenvalue weighted by Crippen LogP contribution is 2.38. The molecule has 3 aromatic carbocycles. The van der Waals surface area contributed by atoms with Crippen molar-refractivity contribution in [3.63, 3.8) is 0 Å². The Bertz CT molecular complexity index is 1360. The minimum atomic E-state index is -4.44. The molecule has 4 N–H and O–H groups in total. The van der Waals surface area contributed by atoms with Gasteiger partial charge in [-0.2, -0.15) is 18.2 Å². The van der Waals surface area contributed by atoms with E-state index >= 15 is 0 Å². The first kappa shape index (κ1) is 25.1. The van der Waals surface area contributed by atoms with Crippen molar-refractivity contribution in [1.82, 2.24) is 9.97 Å². The lowest BCUT2D eigenvalue weighted by Crippen LogP contribution is -2.16. The molecule has 0 saturated heterocycles. The lowest BCUT2D eigenvalue weighted by molar-refractivity contribution is -0.138. The van der Waals surface area contributed by atoms with Crippen LogP contribution in [0.1, 0.15) is 35.2 Å². The summed E-state index contributed by atoms with van der Waals surface area (Å²) in [6, 6.07) is 16.7. The third-order valence-electron chi connectivity index (χ3n) is 5.85. The van der Waals surface area contributed by atoms with E-state index in [1.165, 1.54) is 20.1 Å². The summed E-state index contributed by atoms with van der Waals surface area (Å²) < 4.78 is 51.9. The largest absolute Gasteiger partial charge is 0.493 e. The number of rotatable bonds is 8. The number of alkyl halides is 3. The molecule has 1 unspecified atom stereocenters. The van der Waals surface area contributed by atoms with E-state index in [4.69, 9.17) is 15.3 Å². The van der Waals surface area contributed by atoms with Crippen LogP contribution in [0.5, 0.6) is 11.5 Å². The van der Waals surface area contributed by atoms with Crippen molar-refractivity contribution in [2.45, 2.75) is 32.7 Å². The molecule has 0 amide bonds. The second-order valence-electron chi connectivity index (χ2n) is 8.22. The third-order valence-corrected chi connectivity index (χ3v) is 5.85. The quantitative estimate of drug-likeness (QED) is 0.203. The van der Waals surface area contributed by atoms with Crippen molar-refractivity contribution in [3.05, 3.63) is 82.9 Å². The molecule has 7 nitrogen and oxygen atoms in total. The molecule has 0 spiro atoms. The Morgan fingerprint density at radius 2 is 1.75 bits per heavy atom. The van der Waals surface area contributed by atoms with Crippen LogP contribution in [0.25, 0.3) is 10.9 Å². The van der Waals surface area contributed by atoms with Gasteiger partial charge < -0.3 is 14.8 Å². The number of methoxy groups -OCH3 is 1. The normalized spacial score (nSPS) is 12.3. The van der Waals surface area contributed by atoms with Gasteiger partial charge in [0.05, 0.1) is 24.2 Å². The number of ether oxygens (including phenoxy) is 2. The van der Waals surface area contributed by atoms with E-state index in [2.05, 4.69) is 20.7 Å². The molecule has 4 rings (SSSR count). The minimum absolute atomic E-state index is 0.137. The summed E-state index contributed by atoms with van der Waals surface area (Å²) in [5, 5.41) is 3.82. The first-order valence-corrected chi connectivity index (χ1v) is 11.2. The van der Waals surface area contributed by atoms with Crippen LogP contribution in [0.2, 0.25) is 0 Å². The van der Waals surface area contributed by atoms with Crippen molar-refractivity contribution >= 4 is 22.7 Å². The highest BCUT2D eigenvalue weighted by molar-refractivity contribution is 5.92. The van der Waals surface area contributed by atoms with Crippen LogP contribution in [-0.2, 0) is 12.8 Å². The number of anilines is 2. The molecule has 1 atom stereocenters. The van der Waals surface area contributed by atoms with Crippen LogP contribution in [0.15, 0.2) is 60.7 Å². The minimum Gasteiger partial charge on any atom is -0.493 e. The van der Waals surface area contributed by atoms with Gasteiger partial charge in [-0.3, -0.25) is 5.43 Å². The summed E-state index contributed by atoms with van der Waals surface area (Å²) in [6.45, 7) is 3.54. The standard InChI is InChI=1S/C26H26F3N5O2/c1-15-18(10-7-11-20(15)26(27,28)29)16(2)31-24-19-12-23(36-14-17-8-5-4-6-9-17)22(35-3)13-21(19)32-25(33-24)34-30/h4-13,16H,14,30H2,1-3H3,(H2,31,32,33,34). The molecular weight excluding hydrogens is 471 g/mol. The summed E-state index contributed by atoms with van der Waals surface area (Å²) in [7, 11) is 1.53. The Morgan fingerprint density at radius 1 is 1.00 bits per heavy atom. The Balaban J connectivity index is 1.73. The topological polar surface area (TPSA) is 94.3 Å². The zero-order chi connectivity index (χ0) is 25.9. The Kier molecular flexibility index (Phi) is 7.16. The van der Waals surface area contributed by atoms with E-state index in [1.807, 2.05) is 30.3 Å². The maximum absolute atomic E-state index is 13.4.